The zero-order valence-corrected chi connectivity index (χ0v) is 15.1. The Labute approximate surface area is 150 Å². The first-order chi connectivity index (χ1) is 12.2. The highest BCUT2D eigenvalue weighted by molar-refractivity contribution is 7.11. The van der Waals surface area contributed by atoms with Crippen LogP contribution in [0.15, 0.2) is 24.3 Å². The van der Waals surface area contributed by atoms with E-state index in [1.165, 1.54) is 23.4 Å². The quantitative estimate of drug-likeness (QED) is 0.706. The summed E-state index contributed by atoms with van der Waals surface area (Å²) < 4.78 is 1.79. The Bertz CT molecular complexity index is 876. The second-order valence-corrected chi connectivity index (χ2v) is 7.65. The van der Waals surface area contributed by atoms with Crippen molar-refractivity contribution < 1.29 is 4.79 Å². The Morgan fingerprint density at radius 2 is 2.12 bits per heavy atom. The van der Waals surface area contributed by atoms with E-state index < -0.39 is 0 Å². The number of aryl methyl sites for hydroxylation is 3. The van der Waals surface area contributed by atoms with E-state index in [0.717, 1.165) is 28.9 Å². The minimum atomic E-state index is 0.104. The minimum absolute atomic E-state index is 0.104. The number of hydrogen-bond acceptors (Lipinski definition) is 5. The van der Waals surface area contributed by atoms with Crippen molar-refractivity contribution in [2.45, 2.75) is 45.2 Å². The normalized spacial score (nSPS) is 13.8. The third-order valence-electron chi connectivity index (χ3n) is 4.65. The Hall–Kier alpha value is -2.28. The first-order valence-corrected chi connectivity index (χ1v) is 9.52. The lowest BCUT2D eigenvalue weighted by atomic mass is 10.0. The molecule has 7 heteroatoms. The van der Waals surface area contributed by atoms with Crippen LogP contribution in [0, 0.1) is 0 Å². The summed E-state index contributed by atoms with van der Waals surface area (Å²) in [6, 6.07) is 7.80. The van der Waals surface area contributed by atoms with Crippen LogP contribution in [-0.2, 0) is 30.7 Å². The Kier molecular flexibility index (Phi) is 4.48. The third kappa shape index (κ3) is 3.42. The maximum absolute atomic E-state index is 12.5. The Morgan fingerprint density at radius 3 is 3.00 bits per heavy atom. The van der Waals surface area contributed by atoms with Gasteiger partial charge in [-0.2, -0.15) is 0 Å². The van der Waals surface area contributed by atoms with E-state index in [0.29, 0.717) is 19.5 Å². The van der Waals surface area contributed by atoms with Crippen LogP contribution >= 0.6 is 11.3 Å². The number of nitrogens with zero attached hydrogens (tertiary/aromatic N) is 5. The number of hydrogen-bond donors (Lipinski definition) is 0. The number of rotatable bonds is 5. The van der Waals surface area contributed by atoms with Crippen molar-refractivity contribution in [1.82, 2.24) is 24.9 Å². The van der Waals surface area contributed by atoms with Gasteiger partial charge in [0, 0.05) is 18.3 Å². The number of benzene rings is 1. The second-order valence-electron chi connectivity index (χ2n) is 6.49. The molecule has 1 aliphatic carbocycles. The van der Waals surface area contributed by atoms with Crippen LogP contribution in [0.5, 0.6) is 0 Å². The molecule has 0 saturated heterocycles. The molecule has 4 rings (SSSR count). The lowest BCUT2D eigenvalue weighted by molar-refractivity contribution is -0.130. The highest BCUT2D eigenvalue weighted by Crippen LogP contribution is 2.27. The van der Waals surface area contributed by atoms with E-state index in [-0.39, 0.29) is 5.91 Å². The molecule has 0 atom stereocenters. The van der Waals surface area contributed by atoms with Crippen LogP contribution in [-0.4, -0.2) is 37.8 Å². The fraction of sp³-hybridized carbons (Fsp3) is 0.444. The minimum Gasteiger partial charge on any atom is -0.339 e. The summed E-state index contributed by atoms with van der Waals surface area (Å²) >= 11 is 1.77. The molecule has 130 valence electrons. The maximum Gasteiger partial charge on any atom is 0.224 e. The van der Waals surface area contributed by atoms with Crippen molar-refractivity contribution in [3.05, 3.63) is 39.8 Å². The van der Waals surface area contributed by atoms with Crippen LogP contribution in [0.4, 0.5) is 0 Å². The van der Waals surface area contributed by atoms with Gasteiger partial charge in [0.05, 0.1) is 24.3 Å². The van der Waals surface area contributed by atoms with E-state index in [4.69, 9.17) is 4.98 Å². The number of amides is 1. The first kappa shape index (κ1) is 16.2. The summed E-state index contributed by atoms with van der Waals surface area (Å²) in [6.07, 6.45) is 5.13. The highest BCUT2D eigenvalue weighted by Gasteiger charge is 2.17. The molecular formula is C18H21N5OS. The predicted octanol–water partition coefficient (Wildman–Crippen LogP) is 2.82. The summed E-state index contributed by atoms with van der Waals surface area (Å²) in [5.41, 5.74) is 3.07. The smallest absolute Gasteiger partial charge is 0.224 e. The van der Waals surface area contributed by atoms with Gasteiger partial charge in [-0.25, -0.2) is 9.67 Å². The molecule has 0 bridgehead atoms. The average molecular weight is 355 g/mol. The van der Waals surface area contributed by atoms with Gasteiger partial charge in [-0.05, 0) is 37.8 Å². The van der Waals surface area contributed by atoms with E-state index >= 15 is 0 Å². The molecule has 0 radical (unpaired) electrons. The fourth-order valence-electron chi connectivity index (χ4n) is 3.24. The molecule has 0 spiro atoms. The second kappa shape index (κ2) is 6.92. The summed E-state index contributed by atoms with van der Waals surface area (Å²) in [5, 5.41) is 9.32. The number of carbonyl (C=O) groups is 1. The molecule has 0 N–H and O–H groups in total. The molecule has 0 saturated carbocycles. The Balaban J connectivity index is 1.36. The van der Waals surface area contributed by atoms with Crippen LogP contribution in [0.2, 0.25) is 0 Å². The van der Waals surface area contributed by atoms with Crippen LogP contribution in [0.3, 0.4) is 0 Å². The zero-order valence-electron chi connectivity index (χ0n) is 14.3. The molecule has 3 aromatic rings. The molecule has 0 fully saturated rings. The molecule has 6 nitrogen and oxygen atoms in total. The number of carbonyl (C=O) groups excluding carboxylic acids is 1. The van der Waals surface area contributed by atoms with Gasteiger partial charge in [-0.3, -0.25) is 4.79 Å². The molecule has 1 aliphatic rings. The van der Waals surface area contributed by atoms with Gasteiger partial charge in [0.1, 0.15) is 10.5 Å². The molecular weight excluding hydrogens is 334 g/mol. The van der Waals surface area contributed by atoms with Crippen LogP contribution < -0.4 is 0 Å². The molecule has 0 aliphatic heterocycles. The summed E-state index contributed by atoms with van der Waals surface area (Å²) in [7, 11) is 1.85. The molecule has 2 aromatic heterocycles. The van der Waals surface area contributed by atoms with Gasteiger partial charge >= 0.3 is 0 Å². The maximum atomic E-state index is 12.5. The predicted molar refractivity (Wildman–Crippen MR) is 97.4 cm³/mol. The van der Waals surface area contributed by atoms with Gasteiger partial charge in [0.2, 0.25) is 5.91 Å². The van der Waals surface area contributed by atoms with Crippen LogP contribution in [0.1, 0.15) is 34.8 Å². The average Bonchev–Trinajstić information content (AvgIpc) is 3.22. The summed E-state index contributed by atoms with van der Waals surface area (Å²) in [5.74, 6) is 0.104. The van der Waals surface area contributed by atoms with Crippen molar-refractivity contribution >= 4 is 28.3 Å². The molecule has 1 aromatic carbocycles. The highest BCUT2D eigenvalue weighted by atomic mass is 32.1. The first-order valence-electron chi connectivity index (χ1n) is 8.70. The molecule has 25 heavy (non-hydrogen) atoms. The van der Waals surface area contributed by atoms with E-state index in [1.807, 2.05) is 31.3 Å². The van der Waals surface area contributed by atoms with E-state index in [9.17, 15) is 4.79 Å². The van der Waals surface area contributed by atoms with Crippen molar-refractivity contribution in [3.8, 4) is 0 Å². The van der Waals surface area contributed by atoms with Gasteiger partial charge in [-0.1, -0.05) is 17.3 Å². The summed E-state index contributed by atoms with van der Waals surface area (Å²) in [4.78, 5) is 20.4. The van der Waals surface area contributed by atoms with Crippen molar-refractivity contribution in [3.63, 3.8) is 0 Å². The number of thiazole rings is 1. The largest absolute Gasteiger partial charge is 0.339 e. The molecule has 1 amide bonds. The third-order valence-corrected chi connectivity index (χ3v) is 5.79. The standard InChI is InChI=1S/C18H21N5OS/c1-22(12-17-19-14-7-3-5-9-16(14)25-17)18(24)10-11-23-15-8-4-2-6-13(15)20-21-23/h2,4,6,8H,3,5,7,9-12H2,1H3. The number of para-hydroxylation sites is 1. The summed E-state index contributed by atoms with van der Waals surface area (Å²) in [6.45, 7) is 1.13. The fourth-order valence-corrected chi connectivity index (χ4v) is 4.45. The number of aromatic nitrogens is 4. The van der Waals surface area contributed by atoms with Crippen molar-refractivity contribution in [2.75, 3.05) is 7.05 Å². The zero-order chi connectivity index (χ0) is 17.2. The van der Waals surface area contributed by atoms with Gasteiger partial charge in [0.25, 0.3) is 0 Å². The van der Waals surface area contributed by atoms with Gasteiger partial charge in [-0.15, -0.1) is 16.4 Å². The van der Waals surface area contributed by atoms with Gasteiger partial charge in [0.15, 0.2) is 0 Å². The molecule has 0 unspecified atom stereocenters. The van der Waals surface area contributed by atoms with Crippen molar-refractivity contribution in [2.24, 2.45) is 0 Å². The topological polar surface area (TPSA) is 63.9 Å². The van der Waals surface area contributed by atoms with Gasteiger partial charge < -0.3 is 4.90 Å². The van der Waals surface area contributed by atoms with E-state index in [2.05, 4.69) is 10.3 Å². The van der Waals surface area contributed by atoms with Crippen molar-refractivity contribution in [1.29, 1.82) is 0 Å². The molecule has 2 heterocycles. The lowest BCUT2D eigenvalue weighted by Gasteiger charge is -2.15. The Morgan fingerprint density at radius 1 is 1.28 bits per heavy atom. The van der Waals surface area contributed by atoms with Crippen LogP contribution in [0.25, 0.3) is 11.0 Å². The lowest BCUT2D eigenvalue weighted by Crippen LogP contribution is -2.27. The SMILES string of the molecule is CN(Cc1nc2c(s1)CCCC2)C(=O)CCn1nnc2ccccc21. The number of fused-ring (bicyclic) bond motifs is 2. The monoisotopic (exact) mass is 355 g/mol. The van der Waals surface area contributed by atoms with E-state index in [1.54, 1.807) is 20.9 Å².